The molecule has 0 unspecified atom stereocenters. The molecular weight excluding hydrogens is 384 g/mol. The summed E-state index contributed by atoms with van der Waals surface area (Å²) in [5, 5.41) is 13.9. The topological polar surface area (TPSA) is 90.7 Å². The Kier molecular flexibility index (Phi) is 5.76. The second-order valence-corrected chi connectivity index (χ2v) is 6.09. The largest absolute Gasteiger partial charge is 0.493 e. The fourth-order valence-corrected chi connectivity index (χ4v) is 2.65. The highest BCUT2D eigenvalue weighted by Gasteiger charge is 2.20. The van der Waals surface area contributed by atoms with Crippen LogP contribution in [-0.4, -0.2) is 17.9 Å². The zero-order chi connectivity index (χ0) is 20.1. The Morgan fingerprint density at radius 1 is 1.04 bits per heavy atom. The number of amides is 1. The number of anilines is 1. The van der Waals surface area contributed by atoms with Gasteiger partial charge < -0.3 is 14.8 Å². The Hall–Kier alpha value is -3.58. The number of carbonyl (C=O) groups excluding carboxylic acids is 1. The number of ether oxygens (including phenoxy) is 2. The van der Waals surface area contributed by atoms with Crippen LogP contribution in [0.5, 0.6) is 17.2 Å². The molecule has 0 fully saturated rings. The van der Waals surface area contributed by atoms with E-state index in [9.17, 15) is 14.9 Å². The van der Waals surface area contributed by atoms with E-state index in [1.807, 2.05) is 12.1 Å². The van der Waals surface area contributed by atoms with Crippen LogP contribution in [0.3, 0.4) is 0 Å². The number of carbonyl (C=O) groups is 1. The zero-order valence-corrected chi connectivity index (χ0v) is 15.5. The minimum Gasteiger partial charge on any atom is -0.493 e. The molecule has 142 valence electrons. The van der Waals surface area contributed by atoms with Crippen LogP contribution in [0.1, 0.15) is 10.4 Å². The lowest BCUT2D eigenvalue weighted by Crippen LogP contribution is -2.13. The molecule has 0 aliphatic rings. The van der Waals surface area contributed by atoms with Gasteiger partial charge in [-0.3, -0.25) is 14.9 Å². The number of nitrogens with one attached hydrogen (secondary N) is 1. The maximum atomic E-state index is 12.4. The number of hydrogen-bond donors (Lipinski definition) is 1. The number of benzene rings is 3. The Bertz CT molecular complexity index is 1020. The molecule has 0 saturated carbocycles. The van der Waals surface area contributed by atoms with Crippen LogP contribution in [0.2, 0.25) is 5.02 Å². The lowest BCUT2D eigenvalue weighted by molar-refractivity contribution is -0.385. The first-order valence-corrected chi connectivity index (χ1v) is 8.52. The summed E-state index contributed by atoms with van der Waals surface area (Å²) in [5.41, 5.74) is 0.0199. The molecule has 0 aliphatic carbocycles. The molecule has 3 aromatic rings. The molecular formula is C20H15ClN2O5. The molecule has 3 aromatic carbocycles. The van der Waals surface area contributed by atoms with Gasteiger partial charge in [-0.2, -0.15) is 0 Å². The van der Waals surface area contributed by atoms with Gasteiger partial charge in [0.2, 0.25) is 0 Å². The van der Waals surface area contributed by atoms with Crippen molar-refractivity contribution in [2.24, 2.45) is 0 Å². The second-order valence-electron chi connectivity index (χ2n) is 5.65. The van der Waals surface area contributed by atoms with Crippen molar-refractivity contribution in [2.45, 2.75) is 0 Å². The predicted octanol–water partition coefficient (Wildman–Crippen LogP) is 5.30. The maximum Gasteiger partial charge on any atom is 0.283 e. The molecule has 7 nitrogen and oxygen atoms in total. The van der Waals surface area contributed by atoms with Gasteiger partial charge in [-0.1, -0.05) is 23.7 Å². The summed E-state index contributed by atoms with van der Waals surface area (Å²) in [6.07, 6.45) is 0. The molecule has 1 amide bonds. The molecule has 0 radical (unpaired) electrons. The van der Waals surface area contributed by atoms with E-state index >= 15 is 0 Å². The standard InChI is InChI=1S/C20H15ClN2O5/c1-27-18-4-2-3-5-19(18)28-15-9-7-14(8-10-15)22-20(24)16-11-6-13(21)12-17(16)23(25)26/h2-12H,1H3,(H,22,24). The zero-order valence-electron chi connectivity index (χ0n) is 14.7. The van der Waals surface area contributed by atoms with E-state index in [2.05, 4.69) is 5.32 Å². The van der Waals surface area contributed by atoms with Crippen LogP contribution < -0.4 is 14.8 Å². The van der Waals surface area contributed by atoms with Gasteiger partial charge in [0.1, 0.15) is 11.3 Å². The fourth-order valence-electron chi connectivity index (χ4n) is 2.48. The molecule has 28 heavy (non-hydrogen) atoms. The number of hydrogen-bond acceptors (Lipinski definition) is 5. The van der Waals surface area contributed by atoms with E-state index in [0.717, 1.165) is 6.07 Å². The Labute approximate surface area is 165 Å². The number of halogens is 1. The van der Waals surface area contributed by atoms with Crippen molar-refractivity contribution in [3.05, 3.63) is 87.4 Å². The summed E-state index contributed by atoms with van der Waals surface area (Å²) < 4.78 is 11.0. The van der Waals surface area contributed by atoms with Gasteiger partial charge in [0.15, 0.2) is 11.5 Å². The van der Waals surface area contributed by atoms with Gasteiger partial charge in [0.05, 0.1) is 12.0 Å². The quantitative estimate of drug-likeness (QED) is 0.449. The van der Waals surface area contributed by atoms with Gasteiger partial charge in [0.25, 0.3) is 11.6 Å². The van der Waals surface area contributed by atoms with Crippen molar-refractivity contribution in [1.82, 2.24) is 0 Å². The molecule has 0 aromatic heterocycles. The summed E-state index contributed by atoms with van der Waals surface area (Å²) in [6.45, 7) is 0. The van der Waals surface area contributed by atoms with Crippen molar-refractivity contribution in [3.63, 3.8) is 0 Å². The van der Waals surface area contributed by atoms with Gasteiger partial charge in [-0.25, -0.2) is 0 Å². The van der Waals surface area contributed by atoms with E-state index in [1.165, 1.54) is 12.1 Å². The molecule has 8 heteroatoms. The molecule has 0 bridgehead atoms. The number of nitro groups is 1. The highest BCUT2D eigenvalue weighted by molar-refractivity contribution is 6.31. The molecule has 0 saturated heterocycles. The van der Waals surface area contributed by atoms with Crippen molar-refractivity contribution in [1.29, 1.82) is 0 Å². The molecule has 0 atom stereocenters. The van der Waals surface area contributed by atoms with Crippen LogP contribution in [0.4, 0.5) is 11.4 Å². The van der Waals surface area contributed by atoms with Crippen LogP contribution in [0, 0.1) is 10.1 Å². The lowest BCUT2D eigenvalue weighted by atomic mass is 10.1. The number of para-hydroxylation sites is 2. The summed E-state index contributed by atoms with van der Waals surface area (Å²) in [7, 11) is 1.55. The smallest absolute Gasteiger partial charge is 0.283 e. The Morgan fingerprint density at radius 3 is 2.36 bits per heavy atom. The first-order valence-electron chi connectivity index (χ1n) is 8.14. The summed E-state index contributed by atoms with van der Waals surface area (Å²) in [5.74, 6) is 1.08. The van der Waals surface area contributed by atoms with Crippen LogP contribution >= 0.6 is 11.6 Å². The summed E-state index contributed by atoms with van der Waals surface area (Å²) in [4.78, 5) is 22.9. The average Bonchev–Trinajstić information content (AvgIpc) is 2.69. The summed E-state index contributed by atoms with van der Waals surface area (Å²) in [6, 6.07) is 17.7. The fraction of sp³-hybridized carbons (Fsp3) is 0.0500. The minimum absolute atomic E-state index is 0.0799. The Balaban J connectivity index is 1.74. The van der Waals surface area contributed by atoms with Crippen LogP contribution in [0.25, 0.3) is 0 Å². The predicted molar refractivity (Wildman–Crippen MR) is 106 cm³/mol. The minimum atomic E-state index is -0.648. The average molecular weight is 399 g/mol. The van der Waals surface area contributed by atoms with E-state index in [4.69, 9.17) is 21.1 Å². The first kappa shape index (κ1) is 19.2. The molecule has 3 rings (SSSR count). The van der Waals surface area contributed by atoms with E-state index in [-0.39, 0.29) is 16.3 Å². The van der Waals surface area contributed by atoms with E-state index < -0.39 is 10.8 Å². The number of rotatable bonds is 6. The molecule has 0 heterocycles. The highest BCUT2D eigenvalue weighted by atomic mass is 35.5. The number of nitrogens with zero attached hydrogens (tertiary/aromatic N) is 1. The van der Waals surface area contributed by atoms with Crippen LogP contribution in [-0.2, 0) is 0 Å². The first-order chi connectivity index (χ1) is 13.5. The maximum absolute atomic E-state index is 12.4. The highest BCUT2D eigenvalue weighted by Crippen LogP contribution is 2.31. The van der Waals surface area contributed by atoms with E-state index in [1.54, 1.807) is 43.5 Å². The van der Waals surface area contributed by atoms with Gasteiger partial charge in [0, 0.05) is 16.8 Å². The molecule has 0 aliphatic heterocycles. The lowest BCUT2D eigenvalue weighted by Gasteiger charge is -2.11. The monoisotopic (exact) mass is 398 g/mol. The summed E-state index contributed by atoms with van der Waals surface area (Å²) >= 11 is 5.77. The van der Waals surface area contributed by atoms with Gasteiger partial charge in [-0.05, 0) is 48.5 Å². The van der Waals surface area contributed by atoms with Crippen molar-refractivity contribution in [3.8, 4) is 17.2 Å². The normalized spacial score (nSPS) is 10.2. The van der Waals surface area contributed by atoms with Crippen molar-refractivity contribution >= 4 is 28.9 Å². The second kappa shape index (κ2) is 8.41. The third-order valence-corrected chi connectivity index (χ3v) is 4.05. The molecule has 0 spiro atoms. The third kappa shape index (κ3) is 4.39. The Morgan fingerprint density at radius 2 is 1.71 bits per heavy atom. The van der Waals surface area contributed by atoms with E-state index in [0.29, 0.717) is 22.9 Å². The van der Waals surface area contributed by atoms with Crippen LogP contribution in [0.15, 0.2) is 66.7 Å². The van der Waals surface area contributed by atoms with Crippen molar-refractivity contribution in [2.75, 3.05) is 12.4 Å². The number of nitro benzene ring substituents is 1. The van der Waals surface area contributed by atoms with Gasteiger partial charge in [-0.15, -0.1) is 0 Å². The number of methoxy groups -OCH3 is 1. The van der Waals surface area contributed by atoms with Crippen molar-refractivity contribution < 1.29 is 19.2 Å². The SMILES string of the molecule is COc1ccccc1Oc1ccc(NC(=O)c2ccc(Cl)cc2[N+](=O)[O-])cc1. The third-order valence-electron chi connectivity index (χ3n) is 3.81. The van der Waals surface area contributed by atoms with Gasteiger partial charge >= 0.3 is 0 Å². The molecule has 1 N–H and O–H groups in total.